The fourth-order valence-electron chi connectivity index (χ4n) is 4.93. The van der Waals surface area contributed by atoms with E-state index >= 15 is 0 Å². The largest absolute Gasteiger partial charge is 0.381 e. The monoisotopic (exact) mass is 435 g/mol. The second-order valence-electron chi connectivity index (χ2n) is 10.3. The molecule has 32 heavy (non-hydrogen) atoms. The van der Waals surface area contributed by atoms with Crippen molar-refractivity contribution in [2.24, 2.45) is 5.41 Å². The number of carbonyl (C=O) groups excluding carboxylic acids is 1. The molecule has 0 bridgehead atoms. The summed E-state index contributed by atoms with van der Waals surface area (Å²) in [6, 6.07) is 9.17. The number of carbonyl (C=O) groups is 1. The van der Waals surface area contributed by atoms with Crippen LogP contribution in [0, 0.1) is 11.2 Å². The lowest BCUT2D eigenvalue weighted by atomic mass is 9.79. The highest BCUT2D eigenvalue weighted by molar-refractivity contribution is 5.99. The number of ether oxygens (including phenoxy) is 1. The van der Waals surface area contributed by atoms with Gasteiger partial charge in [0.05, 0.1) is 6.61 Å². The third-order valence-corrected chi connectivity index (χ3v) is 6.86. The molecule has 6 heteroatoms. The maximum Gasteiger partial charge on any atom is 0.272 e. The minimum Gasteiger partial charge on any atom is -0.381 e. The summed E-state index contributed by atoms with van der Waals surface area (Å²) in [5.74, 6) is -0.227. The van der Waals surface area contributed by atoms with E-state index in [0.29, 0.717) is 17.7 Å². The Hall–Kier alpha value is -2.73. The van der Waals surface area contributed by atoms with Crippen LogP contribution < -0.4 is 0 Å². The van der Waals surface area contributed by atoms with Crippen molar-refractivity contribution < 1.29 is 13.9 Å². The second-order valence-corrected chi connectivity index (χ2v) is 10.3. The maximum atomic E-state index is 14.5. The van der Waals surface area contributed by atoms with E-state index in [1.165, 1.54) is 0 Å². The van der Waals surface area contributed by atoms with Gasteiger partial charge in [-0.25, -0.2) is 9.37 Å². The number of halogens is 1. The van der Waals surface area contributed by atoms with Crippen LogP contribution in [0.1, 0.15) is 50.2 Å². The molecule has 0 N–H and O–H groups in total. The zero-order valence-electron chi connectivity index (χ0n) is 19.2. The van der Waals surface area contributed by atoms with Gasteiger partial charge in [0.25, 0.3) is 5.91 Å². The van der Waals surface area contributed by atoms with Crippen molar-refractivity contribution in [3.05, 3.63) is 53.6 Å². The Morgan fingerprint density at radius 2 is 2.00 bits per heavy atom. The number of likely N-dealkylation sites (tertiary alicyclic amines) is 1. The molecule has 2 aliphatic rings. The first-order chi connectivity index (χ1) is 15.2. The van der Waals surface area contributed by atoms with Gasteiger partial charge in [-0.15, -0.1) is 0 Å². The summed E-state index contributed by atoms with van der Waals surface area (Å²) < 4.78 is 22.1. The summed E-state index contributed by atoms with van der Waals surface area (Å²) in [4.78, 5) is 19.8. The van der Waals surface area contributed by atoms with Gasteiger partial charge in [0.1, 0.15) is 17.2 Å². The zero-order chi connectivity index (χ0) is 22.7. The van der Waals surface area contributed by atoms with Gasteiger partial charge in [0, 0.05) is 47.8 Å². The van der Waals surface area contributed by atoms with Gasteiger partial charge in [0.15, 0.2) is 0 Å². The molecule has 1 spiro atoms. The van der Waals surface area contributed by atoms with E-state index in [1.54, 1.807) is 12.1 Å². The third kappa shape index (κ3) is 3.41. The van der Waals surface area contributed by atoms with Crippen LogP contribution in [0.25, 0.3) is 22.2 Å². The first-order valence-corrected chi connectivity index (χ1v) is 11.4. The summed E-state index contributed by atoms with van der Waals surface area (Å²) >= 11 is 0. The highest BCUT2D eigenvalue weighted by atomic mass is 19.1. The van der Waals surface area contributed by atoms with E-state index in [1.807, 2.05) is 36.2 Å². The molecule has 2 aromatic heterocycles. The predicted molar refractivity (Wildman–Crippen MR) is 123 cm³/mol. The summed E-state index contributed by atoms with van der Waals surface area (Å²) in [6.07, 6.45) is 3.71. The molecule has 0 radical (unpaired) electrons. The molecule has 4 heterocycles. The van der Waals surface area contributed by atoms with Crippen LogP contribution in [0.4, 0.5) is 4.39 Å². The summed E-state index contributed by atoms with van der Waals surface area (Å²) in [7, 11) is 0. The van der Waals surface area contributed by atoms with Crippen molar-refractivity contribution in [3.8, 4) is 11.1 Å². The first kappa shape index (κ1) is 21.1. The molecule has 0 unspecified atom stereocenters. The lowest BCUT2D eigenvalue weighted by Gasteiger charge is -2.46. The van der Waals surface area contributed by atoms with Crippen molar-refractivity contribution in [2.75, 3.05) is 26.3 Å². The number of pyridine rings is 1. The molecule has 5 nitrogen and oxygen atoms in total. The van der Waals surface area contributed by atoms with Crippen LogP contribution in [0.2, 0.25) is 0 Å². The minimum absolute atomic E-state index is 0.0361. The van der Waals surface area contributed by atoms with Crippen LogP contribution in [0.15, 0.2) is 36.5 Å². The molecular weight excluding hydrogens is 405 g/mol. The van der Waals surface area contributed by atoms with Crippen molar-refractivity contribution in [1.82, 2.24) is 14.5 Å². The van der Waals surface area contributed by atoms with Gasteiger partial charge in [-0.2, -0.15) is 0 Å². The van der Waals surface area contributed by atoms with E-state index in [9.17, 15) is 9.18 Å². The molecule has 3 aromatic rings. The summed E-state index contributed by atoms with van der Waals surface area (Å²) in [6.45, 7) is 11.3. The van der Waals surface area contributed by atoms with Gasteiger partial charge >= 0.3 is 0 Å². The summed E-state index contributed by atoms with van der Waals surface area (Å²) in [5, 5.41) is 0.921. The van der Waals surface area contributed by atoms with Crippen LogP contribution in [0.3, 0.4) is 0 Å². The van der Waals surface area contributed by atoms with Crippen LogP contribution in [-0.4, -0.2) is 46.7 Å². The van der Waals surface area contributed by atoms with Crippen molar-refractivity contribution >= 4 is 16.9 Å². The highest BCUT2D eigenvalue weighted by Crippen LogP contribution is 2.39. The number of fused-ring (bicyclic) bond motifs is 1. The molecule has 0 atom stereocenters. The van der Waals surface area contributed by atoms with E-state index in [-0.39, 0.29) is 22.7 Å². The number of amides is 1. The summed E-state index contributed by atoms with van der Waals surface area (Å²) in [5.41, 5.74) is 3.56. The second kappa shape index (κ2) is 7.41. The average molecular weight is 436 g/mol. The Labute approximate surface area is 188 Å². The van der Waals surface area contributed by atoms with Gasteiger partial charge in [-0.1, -0.05) is 19.1 Å². The SMILES string of the molecule is CCc1ccc(-c2cn(C(C)(C)C)c3nc(C(=O)N4CC5(CCOC5)C4)ccc23)cc1F. The van der Waals surface area contributed by atoms with Crippen LogP contribution >= 0.6 is 0 Å². The van der Waals surface area contributed by atoms with E-state index in [4.69, 9.17) is 9.72 Å². The molecular formula is C26H30FN3O2. The Morgan fingerprint density at radius 1 is 1.22 bits per heavy atom. The smallest absolute Gasteiger partial charge is 0.272 e. The number of hydrogen-bond acceptors (Lipinski definition) is 3. The number of nitrogens with zero attached hydrogens (tertiary/aromatic N) is 3. The standard InChI is InChI=1S/C26H30FN3O2/c1-5-17-6-7-18(12-21(17)27)20-13-30(25(2,3)4)23-19(20)8-9-22(28-23)24(31)29-14-26(15-29)10-11-32-16-26/h6-9,12-13H,5,10-11,14-16H2,1-4H3. The molecule has 1 amide bonds. The van der Waals surface area contributed by atoms with Gasteiger partial charge in [-0.05, 0) is 62.9 Å². The molecule has 2 aliphatic heterocycles. The molecule has 0 aliphatic carbocycles. The average Bonchev–Trinajstić information content (AvgIpc) is 3.37. The molecule has 5 rings (SSSR count). The van der Waals surface area contributed by atoms with E-state index in [0.717, 1.165) is 54.9 Å². The Morgan fingerprint density at radius 3 is 2.62 bits per heavy atom. The lowest BCUT2D eigenvalue weighted by Crippen LogP contribution is -2.58. The lowest BCUT2D eigenvalue weighted by molar-refractivity contribution is -0.0000259. The normalized spacial score (nSPS) is 17.8. The van der Waals surface area contributed by atoms with Gasteiger partial charge in [0.2, 0.25) is 0 Å². The molecule has 2 fully saturated rings. The Kier molecular flexibility index (Phi) is 4.89. The Bertz CT molecular complexity index is 1190. The molecule has 0 saturated carbocycles. The fourth-order valence-corrected chi connectivity index (χ4v) is 4.93. The zero-order valence-corrected chi connectivity index (χ0v) is 19.2. The quantitative estimate of drug-likeness (QED) is 0.580. The van der Waals surface area contributed by atoms with Crippen LogP contribution in [0.5, 0.6) is 0 Å². The molecule has 168 valence electrons. The molecule has 1 aromatic carbocycles. The van der Waals surface area contributed by atoms with E-state index in [2.05, 4.69) is 25.3 Å². The fraction of sp³-hybridized carbons (Fsp3) is 0.462. The third-order valence-electron chi connectivity index (χ3n) is 6.86. The number of aryl methyl sites for hydroxylation is 1. The number of aromatic nitrogens is 2. The topological polar surface area (TPSA) is 47.4 Å². The van der Waals surface area contributed by atoms with Crippen molar-refractivity contribution in [3.63, 3.8) is 0 Å². The van der Waals surface area contributed by atoms with Gasteiger partial charge < -0.3 is 14.2 Å². The van der Waals surface area contributed by atoms with Gasteiger partial charge in [-0.3, -0.25) is 4.79 Å². The predicted octanol–water partition coefficient (Wildman–Crippen LogP) is 5.02. The number of benzene rings is 1. The number of rotatable bonds is 3. The van der Waals surface area contributed by atoms with Crippen LogP contribution in [-0.2, 0) is 16.7 Å². The number of hydrogen-bond donors (Lipinski definition) is 0. The maximum absolute atomic E-state index is 14.5. The Balaban J connectivity index is 1.54. The van der Waals surface area contributed by atoms with Crippen molar-refractivity contribution in [2.45, 2.75) is 46.1 Å². The minimum atomic E-state index is -0.241. The highest BCUT2D eigenvalue weighted by Gasteiger charge is 2.48. The van der Waals surface area contributed by atoms with Crippen molar-refractivity contribution in [1.29, 1.82) is 0 Å². The molecule has 2 saturated heterocycles. The van der Waals surface area contributed by atoms with E-state index < -0.39 is 0 Å². The first-order valence-electron chi connectivity index (χ1n) is 11.4.